The summed E-state index contributed by atoms with van der Waals surface area (Å²) in [7, 11) is 0. The molecule has 3 unspecified atom stereocenters. The molecule has 0 bridgehead atoms. The van der Waals surface area contributed by atoms with Crippen LogP contribution in [0.25, 0.3) is 0 Å². The van der Waals surface area contributed by atoms with Crippen LogP contribution in [0.3, 0.4) is 0 Å². The maximum absolute atomic E-state index is 12.4. The highest BCUT2D eigenvalue weighted by Gasteiger charge is 2.26. The van der Waals surface area contributed by atoms with Crippen molar-refractivity contribution in [3.63, 3.8) is 0 Å². The molecule has 0 aromatic heterocycles. The molecule has 0 fully saturated rings. The Kier molecular flexibility index (Phi) is 39.6. The Hall–Kier alpha value is -0.650. The van der Waals surface area contributed by atoms with Crippen molar-refractivity contribution in [2.75, 3.05) is 6.61 Å². The van der Waals surface area contributed by atoms with Crippen LogP contribution in [0.4, 0.5) is 0 Å². The van der Waals surface area contributed by atoms with Crippen LogP contribution in [0, 0.1) is 0 Å². The topological polar surface area (TPSA) is 89.8 Å². The Morgan fingerprint density at radius 1 is 0.429 bits per heavy atom. The normalized spacial score (nSPS) is 13.5. The molecular formula is C44H89NO4. The Morgan fingerprint density at radius 3 is 0.980 bits per heavy atom. The fraction of sp³-hybridized carbons (Fsp3) is 0.977. The van der Waals surface area contributed by atoms with E-state index in [1.54, 1.807) is 0 Å². The van der Waals surface area contributed by atoms with Gasteiger partial charge in [0.15, 0.2) is 0 Å². The summed E-state index contributed by atoms with van der Waals surface area (Å²) in [5.41, 5.74) is 0. The second-order valence-electron chi connectivity index (χ2n) is 15.6. The fourth-order valence-corrected chi connectivity index (χ4v) is 7.22. The lowest BCUT2D eigenvalue weighted by Crippen LogP contribution is -2.50. The van der Waals surface area contributed by atoms with E-state index >= 15 is 0 Å². The average Bonchev–Trinajstić information content (AvgIpc) is 3.10. The molecule has 0 aromatic carbocycles. The Balaban J connectivity index is 3.57. The van der Waals surface area contributed by atoms with Gasteiger partial charge in [0, 0.05) is 6.42 Å². The third-order valence-electron chi connectivity index (χ3n) is 10.7. The van der Waals surface area contributed by atoms with Crippen LogP contribution in [-0.2, 0) is 4.79 Å². The molecule has 0 saturated heterocycles. The fourth-order valence-electron chi connectivity index (χ4n) is 7.22. The third kappa shape index (κ3) is 35.5. The second kappa shape index (κ2) is 40.1. The number of nitrogens with one attached hydrogen (secondary N) is 1. The number of carbonyl (C=O) groups is 1. The molecule has 294 valence electrons. The van der Waals surface area contributed by atoms with Crippen molar-refractivity contribution in [1.82, 2.24) is 5.32 Å². The number of hydrogen-bond donors (Lipinski definition) is 4. The molecule has 0 radical (unpaired) electrons. The summed E-state index contributed by atoms with van der Waals surface area (Å²) >= 11 is 0. The van der Waals surface area contributed by atoms with Gasteiger partial charge in [0.2, 0.25) is 5.91 Å². The lowest BCUT2D eigenvalue weighted by Gasteiger charge is -2.26. The second-order valence-corrected chi connectivity index (χ2v) is 15.6. The van der Waals surface area contributed by atoms with Gasteiger partial charge in [-0.3, -0.25) is 4.79 Å². The molecular weight excluding hydrogens is 606 g/mol. The summed E-state index contributed by atoms with van der Waals surface area (Å²) in [5.74, 6) is -0.139. The highest BCUT2D eigenvalue weighted by atomic mass is 16.3. The molecule has 5 heteroatoms. The van der Waals surface area contributed by atoms with E-state index < -0.39 is 18.2 Å². The number of aliphatic hydroxyl groups excluding tert-OH is 3. The van der Waals surface area contributed by atoms with Gasteiger partial charge in [0.1, 0.15) is 6.10 Å². The SMILES string of the molecule is CCCCCCCCCCCCCCCCCCCCCCC(=O)NC(CO)C(O)C(O)CCCCCCCCCCCCCCCCC. The van der Waals surface area contributed by atoms with Gasteiger partial charge in [-0.1, -0.05) is 232 Å². The summed E-state index contributed by atoms with van der Waals surface area (Å²) in [6, 6.07) is -0.802. The van der Waals surface area contributed by atoms with Crippen LogP contribution in [0.2, 0.25) is 0 Å². The van der Waals surface area contributed by atoms with E-state index in [9.17, 15) is 20.1 Å². The van der Waals surface area contributed by atoms with Crippen LogP contribution in [0.1, 0.15) is 251 Å². The van der Waals surface area contributed by atoms with Crippen molar-refractivity contribution >= 4 is 5.91 Å². The van der Waals surface area contributed by atoms with E-state index in [0.29, 0.717) is 12.8 Å². The molecule has 3 atom stereocenters. The standard InChI is InChI=1S/C44H89NO4/c1-3-5-7-9-11-13-15-17-19-20-21-22-23-25-27-29-31-33-35-37-39-43(48)45-41(40-46)44(49)42(47)38-36-34-32-30-28-26-24-18-16-14-12-10-8-6-4-2/h41-42,44,46-47,49H,3-40H2,1-2H3,(H,45,48). The molecule has 0 saturated carbocycles. The first-order valence-corrected chi connectivity index (χ1v) is 22.3. The van der Waals surface area contributed by atoms with Crippen molar-refractivity contribution < 1.29 is 20.1 Å². The molecule has 0 aliphatic heterocycles. The molecule has 0 heterocycles. The number of carbonyl (C=O) groups excluding carboxylic acids is 1. The molecule has 5 nitrogen and oxygen atoms in total. The maximum atomic E-state index is 12.4. The molecule has 0 rings (SSSR count). The number of aliphatic hydroxyl groups is 3. The van der Waals surface area contributed by atoms with E-state index in [2.05, 4.69) is 19.2 Å². The number of unbranched alkanes of at least 4 members (excludes halogenated alkanes) is 33. The molecule has 0 aromatic rings. The highest BCUT2D eigenvalue weighted by Crippen LogP contribution is 2.17. The Labute approximate surface area is 307 Å². The molecule has 0 aliphatic rings. The minimum absolute atomic E-state index is 0.139. The summed E-state index contributed by atoms with van der Waals surface area (Å²) < 4.78 is 0. The zero-order valence-electron chi connectivity index (χ0n) is 33.4. The average molecular weight is 696 g/mol. The quantitative estimate of drug-likeness (QED) is 0.0479. The van der Waals surface area contributed by atoms with Gasteiger partial charge in [-0.2, -0.15) is 0 Å². The van der Waals surface area contributed by atoms with Crippen LogP contribution < -0.4 is 5.32 Å². The first-order valence-electron chi connectivity index (χ1n) is 22.3. The molecule has 1 amide bonds. The number of amides is 1. The van der Waals surface area contributed by atoms with Crippen molar-refractivity contribution in [3.05, 3.63) is 0 Å². The number of rotatable bonds is 41. The summed E-state index contributed by atoms with van der Waals surface area (Å²) in [6.45, 7) is 4.20. The van der Waals surface area contributed by atoms with Crippen LogP contribution >= 0.6 is 0 Å². The van der Waals surface area contributed by atoms with E-state index in [4.69, 9.17) is 0 Å². The minimum atomic E-state index is -1.13. The predicted octanol–water partition coefficient (Wildman–Crippen LogP) is 12.7. The lowest BCUT2D eigenvalue weighted by atomic mass is 9.99. The monoisotopic (exact) mass is 696 g/mol. The van der Waals surface area contributed by atoms with E-state index in [1.165, 1.54) is 193 Å². The summed E-state index contributed by atoms with van der Waals surface area (Å²) in [4.78, 5) is 12.4. The van der Waals surface area contributed by atoms with Crippen molar-refractivity contribution in [3.8, 4) is 0 Å². The van der Waals surface area contributed by atoms with Gasteiger partial charge >= 0.3 is 0 Å². The minimum Gasteiger partial charge on any atom is -0.394 e. The molecule has 49 heavy (non-hydrogen) atoms. The van der Waals surface area contributed by atoms with Crippen molar-refractivity contribution in [2.45, 2.75) is 270 Å². The van der Waals surface area contributed by atoms with Crippen LogP contribution in [0.5, 0.6) is 0 Å². The van der Waals surface area contributed by atoms with Gasteiger partial charge in [0.25, 0.3) is 0 Å². The first-order chi connectivity index (χ1) is 24.1. The third-order valence-corrected chi connectivity index (χ3v) is 10.7. The van der Waals surface area contributed by atoms with E-state index in [-0.39, 0.29) is 12.5 Å². The van der Waals surface area contributed by atoms with Crippen LogP contribution in [0.15, 0.2) is 0 Å². The highest BCUT2D eigenvalue weighted by molar-refractivity contribution is 5.76. The zero-order chi connectivity index (χ0) is 35.9. The van der Waals surface area contributed by atoms with Crippen LogP contribution in [-0.4, -0.2) is 46.1 Å². The van der Waals surface area contributed by atoms with Gasteiger partial charge < -0.3 is 20.6 Å². The summed E-state index contributed by atoms with van der Waals surface area (Å²) in [5, 5.41) is 33.5. The van der Waals surface area contributed by atoms with E-state index in [0.717, 1.165) is 32.1 Å². The predicted molar refractivity (Wildman–Crippen MR) is 213 cm³/mol. The number of hydrogen-bond acceptors (Lipinski definition) is 4. The molecule has 0 aliphatic carbocycles. The van der Waals surface area contributed by atoms with Gasteiger partial charge in [-0.05, 0) is 12.8 Å². The largest absolute Gasteiger partial charge is 0.394 e. The smallest absolute Gasteiger partial charge is 0.220 e. The maximum Gasteiger partial charge on any atom is 0.220 e. The van der Waals surface area contributed by atoms with Gasteiger partial charge in [-0.15, -0.1) is 0 Å². The van der Waals surface area contributed by atoms with Gasteiger partial charge in [-0.25, -0.2) is 0 Å². The van der Waals surface area contributed by atoms with Crippen molar-refractivity contribution in [2.24, 2.45) is 0 Å². The first kappa shape index (κ1) is 48.3. The molecule has 4 N–H and O–H groups in total. The summed E-state index contributed by atoms with van der Waals surface area (Å²) in [6.07, 6.45) is 44.9. The lowest BCUT2D eigenvalue weighted by molar-refractivity contribution is -0.124. The van der Waals surface area contributed by atoms with Gasteiger partial charge in [0.05, 0.1) is 18.8 Å². The van der Waals surface area contributed by atoms with Crippen molar-refractivity contribution in [1.29, 1.82) is 0 Å². The zero-order valence-corrected chi connectivity index (χ0v) is 33.4. The molecule has 0 spiro atoms. The van der Waals surface area contributed by atoms with E-state index in [1.807, 2.05) is 0 Å². The Morgan fingerprint density at radius 2 is 0.694 bits per heavy atom. The Bertz CT molecular complexity index is 644.